The van der Waals surface area contributed by atoms with Gasteiger partial charge in [0.05, 0.1) is 0 Å². The van der Waals surface area contributed by atoms with Gasteiger partial charge in [0.2, 0.25) is 0 Å². The number of nitrogens with one attached hydrogen (secondary N) is 1. The van der Waals surface area contributed by atoms with Crippen LogP contribution in [0.3, 0.4) is 0 Å². The van der Waals surface area contributed by atoms with Crippen molar-refractivity contribution in [1.29, 1.82) is 0 Å². The van der Waals surface area contributed by atoms with Crippen molar-refractivity contribution in [3.63, 3.8) is 0 Å². The summed E-state index contributed by atoms with van der Waals surface area (Å²) in [4.78, 5) is 25.0. The lowest BCUT2D eigenvalue weighted by atomic mass is 9.89. The number of hydrogen-bond donors (Lipinski definition) is 2. The Morgan fingerprint density at radius 2 is 1.95 bits per heavy atom. The Morgan fingerprint density at radius 1 is 1.32 bits per heavy atom. The quantitative estimate of drug-likeness (QED) is 0.815. The molecule has 0 aromatic heterocycles. The van der Waals surface area contributed by atoms with Crippen LogP contribution in [-0.2, 0) is 9.53 Å². The summed E-state index contributed by atoms with van der Waals surface area (Å²) in [7, 11) is 0. The van der Waals surface area contributed by atoms with E-state index in [1.165, 1.54) is 0 Å². The molecular formula is C16H30N2O4. The van der Waals surface area contributed by atoms with Crippen LogP contribution in [0.4, 0.5) is 4.79 Å². The number of ether oxygens (including phenoxy) is 1. The molecule has 0 spiro atoms. The average molecular weight is 314 g/mol. The van der Waals surface area contributed by atoms with E-state index in [-0.39, 0.29) is 18.4 Å². The molecule has 1 aliphatic rings. The topological polar surface area (TPSA) is 78.9 Å². The summed E-state index contributed by atoms with van der Waals surface area (Å²) in [6.07, 6.45) is 1.22. The van der Waals surface area contributed by atoms with E-state index in [9.17, 15) is 9.59 Å². The average Bonchev–Trinajstić information content (AvgIpc) is 2.33. The molecule has 0 radical (unpaired) electrons. The number of piperidine rings is 1. The van der Waals surface area contributed by atoms with Crippen LogP contribution < -0.4 is 5.32 Å². The predicted molar refractivity (Wildman–Crippen MR) is 84.8 cm³/mol. The maximum atomic E-state index is 11.9. The molecule has 0 aliphatic carbocycles. The monoisotopic (exact) mass is 314 g/mol. The van der Waals surface area contributed by atoms with E-state index in [1.54, 1.807) is 0 Å². The van der Waals surface area contributed by atoms with Crippen LogP contribution in [0.25, 0.3) is 0 Å². The fourth-order valence-electron chi connectivity index (χ4n) is 2.78. The first-order valence-electron chi connectivity index (χ1n) is 8.02. The summed E-state index contributed by atoms with van der Waals surface area (Å²) >= 11 is 0. The van der Waals surface area contributed by atoms with Crippen molar-refractivity contribution in [3.05, 3.63) is 0 Å². The Balaban J connectivity index is 2.60. The molecule has 1 fully saturated rings. The number of carbonyl (C=O) groups excluding carboxylic acids is 1. The van der Waals surface area contributed by atoms with Gasteiger partial charge >= 0.3 is 12.1 Å². The van der Waals surface area contributed by atoms with E-state index < -0.39 is 17.7 Å². The minimum Gasteiger partial charge on any atom is -0.481 e. The first-order valence-corrected chi connectivity index (χ1v) is 8.02. The highest BCUT2D eigenvalue weighted by Gasteiger charge is 2.30. The van der Waals surface area contributed by atoms with Crippen molar-refractivity contribution < 1.29 is 19.4 Å². The second kappa shape index (κ2) is 7.81. The lowest BCUT2D eigenvalue weighted by Crippen LogP contribution is -2.53. The van der Waals surface area contributed by atoms with Gasteiger partial charge in [-0.1, -0.05) is 0 Å². The molecule has 1 rings (SSSR count). The van der Waals surface area contributed by atoms with Gasteiger partial charge < -0.3 is 15.2 Å². The highest BCUT2D eigenvalue weighted by atomic mass is 16.6. The molecule has 0 aromatic rings. The molecule has 6 nitrogen and oxygen atoms in total. The fraction of sp³-hybridized carbons (Fsp3) is 0.875. The van der Waals surface area contributed by atoms with Crippen molar-refractivity contribution in [3.8, 4) is 0 Å². The molecule has 6 heteroatoms. The molecule has 0 saturated carbocycles. The number of carbonyl (C=O) groups is 2. The SMILES string of the molecule is CC(C)N1CC(CCC(=O)O)CC(NC(=O)OC(C)(C)C)C1. The van der Waals surface area contributed by atoms with Crippen LogP contribution in [0.15, 0.2) is 0 Å². The number of likely N-dealkylation sites (tertiary alicyclic amines) is 1. The summed E-state index contributed by atoms with van der Waals surface area (Å²) in [6, 6.07) is 0.375. The number of nitrogens with zero attached hydrogens (tertiary/aromatic N) is 1. The minimum absolute atomic E-state index is 0.00444. The summed E-state index contributed by atoms with van der Waals surface area (Å²) in [5.41, 5.74) is -0.515. The molecule has 2 atom stereocenters. The molecule has 1 aliphatic heterocycles. The summed E-state index contributed by atoms with van der Waals surface area (Å²) in [5.74, 6) is -0.481. The number of rotatable bonds is 5. The zero-order chi connectivity index (χ0) is 16.9. The molecule has 1 amide bonds. The van der Waals surface area contributed by atoms with Crippen molar-refractivity contribution in [2.75, 3.05) is 13.1 Å². The van der Waals surface area contributed by atoms with Crippen molar-refractivity contribution >= 4 is 12.1 Å². The highest BCUT2D eigenvalue weighted by Crippen LogP contribution is 2.23. The molecule has 1 heterocycles. The lowest BCUT2D eigenvalue weighted by molar-refractivity contribution is -0.137. The molecular weight excluding hydrogens is 284 g/mol. The third-order valence-electron chi connectivity index (χ3n) is 3.78. The van der Waals surface area contributed by atoms with Gasteiger partial charge in [0.15, 0.2) is 0 Å². The summed E-state index contributed by atoms with van der Waals surface area (Å²) in [6.45, 7) is 11.4. The van der Waals surface area contributed by atoms with E-state index >= 15 is 0 Å². The minimum atomic E-state index is -0.765. The van der Waals surface area contributed by atoms with E-state index in [0.29, 0.717) is 12.5 Å². The Labute approximate surface area is 133 Å². The van der Waals surface area contributed by atoms with Gasteiger partial charge in [0.1, 0.15) is 5.60 Å². The van der Waals surface area contributed by atoms with Crippen LogP contribution >= 0.6 is 0 Å². The normalized spacial score (nSPS) is 23.4. The van der Waals surface area contributed by atoms with Crippen molar-refractivity contribution in [1.82, 2.24) is 10.2 Å². The zero-order valence-electron chi connectivity index (χ0n) is 14.4. The van der Waals surface area contributed by atoms with Crippen LogP contribution in [-0.4, -0.2) is 52.8 Å². The molecule has 1 saturated heterocycles. The Hall–Kier alpha value is -1.30. The smallest absolute Gasteiger partial charge is 0.407 e. The number of aliphatic carboxylic acids is 1. The Bertz CT molecular complexity index is 390. The maximum Gasteiger partial charge on any atom is 0.407 e. The van der Waals surface area contributed by atoms with Gasteiger partial charge in [-0.2, -0.15) is 0 Å². The largest absolute Gasteiger partial charge is 0.481 e. The Morgan fingerprint density at radius 3 is 2.45 bits per heavy atom. The zero-order valence-corrected chi connectivity index (χ0v) is 14.4. The lowest BCUT2D eigenvalue weighted by Gasteiger charge is -2.40. The first-order chi connectivity index (χ1) is 10.1. The van der Waals surface area contributed by atoms with E-state index in [4.69, 9.17) is 9.84 Å². The number of amides is 1. The first kappa shape index (κ1) is 18.7. The van der Waals surface area contributed by atoms with Crippen LogP contribution in [0.2, 0.25) is 0 Å². The third-order valence-corrected chi connectivity index (χ3v) is 3.78. The number of alkyl carbamates (subject to hydrolysis) is 1. The van der Waals surface area contributed by atoms with Crippen LogP contribution in [0.1, 0.15) is 53.9 Å². The summed E-state index contributed by atoms with van der Waals surface area (Å²) < 4.78 is 5.31. The molecule has 128 valence electrons. The molecule has 0 bridgehead atoms. The van der Waals surface area contributed by atoms with E-state index in [1.807, 2.05) is 20.8 Å². The molecule has 2 N–H and O–H groups in total. The standard InChI is InChI=1S/C16H30N2O4/c1-11(2)18-9-12(6-7-14(19)20)8-13(10-18)17-15(21)22-16(3,4)5/h11-13H,6-10H2,1-5H3,(H,17,21)(H,19,20). The molecule has 0 aromatic carbocycles. The molecule has 2 unspecified atom stereocenters. The van der Waals surface area contributed by atoms with Crippen LogP contribution in [0.5, 0.6) is 0 Å². The summed E-state index contributed by atoms with van der Waals surface area (Å²) in [5, 5.41) is 11.8. The van der Waals surface area contributed by atoms with E-state index in [0.717, 1.165) is 19.5 Å². The van der Waals surface area contributed by atoms with Crippen molar-refractivity contribution in [2.24, 2.45) is 5.92 Å². The third kappa shape index (κ3) is 7.11. The Kier molecular flexibility index (Phi) is 6.66. The fourth-order valence-corrected chi connectivity index (χ4v) is 2.78. The van der Waals surface area contributed by atoms with Crippen molar-refractivity contribution in [2.45, 2.75) is 71.6 Å². The van der Waals surface area contributed by atoms with Gasteiger partial charge in [0, 0.05) is 31.6 Å². The molecule has 22 heavy (non-hydrogen) atoms. The highest BCUT2D eigenvalue weighted by molar-refractivity contribution is 5.68. The van der Waals surface area contributed by atoms with Gasteiger partial charge in [-0.25, -0.2) is 4.79 Å². The van der Waals surface area contributed by atoms with Crippen LogP contribution in [0, 0.1) is 5.92 Å². The van der Waals surface area contributed by atoms with Gasteiger partial charge in [-0.15, -0.1) is 0 Å². The van der Waals surface area contributed by atoms with Gasteiger partial charge in [0.25, 0.3) is 0 Å². The van der Waals surface area contributed by atoms with E-state index in [2.05, 4.69) is 24.1 Å². The number of hydrogen-bond acceptors (Lipinski definition) is 4. The number of carboxylic acids is 1. The second-order valence-corrected chi connectivity index (χ2v) is 7.42. The predicted octanol–water partition coefficient (Wildman–Crippen LogP) is 2.47. The van der Waals surface area contributed by atoms with Gasteiger partial charge in [-0.3, -0.25) is 9.69 Å². The van der Waals surface area contributed by atoms with Gasteiger partial charge in [-0.05, 0) is 53.4 Å². The number of carboxylic acid groups (broad SMARTS) is 1. The second-order valence-electron chi connectivity index (χ2n) is 7.42. The maximum absolute atomic E-state index is 11.9.